The molecule has 0 radical (unpaired) electrons. The first-order valence-corrected chi connectivity index (χ1v) is 7.05. The lowest BCUT2D eigenvalue weighted by Gasteiger charge is -2.16. The van der Waals surface area contributed by atoms with Crippen molar-refractivity contribution in [2.45, 2.75) is 18.9 Å². The molecule has 0 saturated carbocycles. The maximum Gasteiger partial charge on any atom is 0.315 e. The smallest absolute Gasteiger partial charge is 0.315 e. The number of ether oxygens (including phenoxy) is 1. The molecule has 0 aromatic heterocycles. The van der Waals surface area contributed by atoms with Gasteiger partial charge in [0.25, 0.3) is 0 Å². The SMILES string of the molecule is O=C(NCCCc1ccccc1)NC1COCC1C(=O)O. The molecule has 1 aliphatic heterocycles. The standard InChI is InChI=1S/C15H20N2O4/c18-14(19)12-9-21-10-13(12)17-15(20)16-8-4-7-11-5-2-1-3-6-11/h1-3,5-6,12-13H,4,7-10H2,(H,18,19)(H2,16,17,20). The third-order valence-electron chi connectivity index (χ3n) is 3.48. The Hall–Kier alpha value is -2.08. The van der Waals surface area contributed by atoms with Crippen LogP contribution in [0.4, 0.5) is 4.79 Å². The predicted octanol–water partition coefficient (Wildman–Crippen LogP) is 1.02. The van der Waals surface area contributed by atoms with Gasteiger partial charge in [-0.3, -0.25) is 4.79 Å². The summed E-state index contributed by atoms with van der Waals surface area (Å²) in [6.07, 6.45) is 1.73. The summed E-state index contributed by atoms with van der Waals surface area (Å²) in [6, 6.07) is 9.24. The maximum atomic E-state index is 11.7. The fourth-order valence-electron chi connectivity index (χ4n) is 2.30. The molecular weight excluding hydrogens is 272 g/mol. The lowest BCUT2D eigenvalue weighted by atomic mass is 10.0. The van der Waals surface area contributed by atoms with Gasteiger partial charge in [0.15, 0.2) is 0 Å². The van der Waals surface area contributed by atoms with E-state index in [-0.39, 0.29) is 19.2 Å². The van der Waals surface area contributed by atoms with Gasteiger partial charge in [0.05, 0.1) is 19.3 Å². The van der Waals surface area contributed by atoms with Crippen LogP contribution in [0.1, 0.15) is 12.0 Å². The predicted molar refractivity (Wildman–Crippen MR) is 77.0 cm³/mol. The molecular formula is C15H20N2O4. The highest BCUT2D eigenvalue weighted by Gasteiger charge is 2.34. The van der Waals surface area contributed by atoms with Gasteiger partial charge in [0.2, 0.25) is 0 Å². The number of carbonyl (C=O) groups is 2. The van der Waals surface area contributed by atoms with Crippen molar-refractivity contribution >= 4 is 12.0 Å². The quantitative estimate of drug-likeness (QED) is 0.683. The van der Waals surface area contributed by atoms with Crippen molar-refractivity contribution in [2.75, 3.05) is 19.8 Å². The van der Waals surface area contributed by atoms with Gasteiger partial charge >= 0.3 is 12.0 Å². The highest BCUT2D eigenvalue weighted by Crippen LogP contribution is 2.13. The first kappa shape index (κ1) is 15.3. The summed E-state index contributed by atoms with van der Waals surface area (Å²) in [7, 11) is 0. The molecule has 1 aromatic carbocycles. The number of benzene rings is 1. The Morgan fingerprint density at radius 3 is 2.71 bits per heavy atom. The molecule has 1 aliphatic rings. The third-order valence-corrected chi connectivity index (χ3v) is 3.48. The van der Waals surface area contributed by atoms with E-state index < -0.39 is 17.9 Å². The molecule has 6 heteroatoms. The van der Waals surface area contributed by atoms with Gasteiger partial charge in [0.1, 0.15) is 5.92 Å². The Kier molecular flexibility index (Phi) is 5.57. The Morgan fingerprint density at radius 2 is 2.00 bits per heavy atom. The molecule has 3 N–H and O–H groups in total. The van der Waals surface area contributed by atoms with Crippen LogP contribution >= 0.6 is 0 Å². The van der Waals surface area contributed by atoms with E-state index in [9.17, 15) is 9.59 Å². The van der Waals surface area contributed by atoms with Crippen LogP contribution in [0.25, 0.3) is 0 Å². The lowest BCUT2D eigenvalue weighted by Crippen LogP contribution is -2.47. The summed E-state index contributed by atoms with van der Waals surface area (Å²) in [5.41, 5.74) is 1.23. The molecule has 2 amide bonds. The van der Waals surface area contributed by atoms with Crippen molar-refractivity contribution in [3.8, 4) is 0 Å². The van der Waals surface area contributed by atoms with E-state index in [1.165, 1.54) is 5.56 Å². The Bertz CT molecular complexity index is 478. The number of urea groups is 1. The van der Waals surface area contributed by atoms with E-state index in [1.807, 2.05) is 30.3 Å². The monoisotopic (exact) mass is 292 g/mol. The van der Waals surface area contributed by atoms with Crippen molar-refractivity contribution < 1.29 is 19.4 Å². The molecule has 1 aromatic rings. The van der Waals surface area contributed by atoms with Gasteiger partial charge in [-0.1, -0.05) is 30.3 Å². The topological polar surface area (TPSA) is 87.7 Å². The van der Waals surface area contributed by atoms with E-state index in [1.54, 1.807) is 0 Å². The van der Waals surface area contributed by atoms with Crippen LogP contribution < -0.4 is 10.6 Å². The van der Waals surface area contributed by atoms with Crippen LogP contribution in [0.5, 0.6) is 0 Å². The number of aliphatic carboxylic acids is 1. The van der Waals surface area contributed by atoms with Gasteiger partial charge in [-0.05, 0) is 18.4 Å². The number of nitrogens with one attached hydrogen (secondary N) is 2. The van der Waals surface area contributed by atoms with Crippen molar-refractivity contribution in [3.05, 3.63) is 35.9 Å². The molecule has 114 valence electrons. The molecule has 2 unspecified atom stereocenters. The average Bonchev–Trinajstić information content (AvgIpc) is 2.93. The summed E-state index contributed by atoms with van der Waals surface area (Å²) < 4.78 is 5.09. The number of rotatable bonds is 6. The fourth-order valence-corrected chi connectivity index (χ4v) is 2.30. The number of carbonyl (C=O) groups excluding carboxylic acids is 1. The van der Waals surface area contributed by atoms with E-state index in [0.29, 0.717) is 6.54 Å². The van der Waals surface area contributed by atoms with Gasteiger partial charge in [0, 0.05) is 6.54 Å². The highest BCUT2D eigenvalue weighted by molar-refractivity contribution is 5.77. The van der Waals surface area contributed by atoms with Gasteiger partial charge < -0.3 is 20.5 Å². The van der Waals surface area contributed by atoms with Gasteiger partial charge in [-0.25, -0.2) is 4.79 Å². The zero-order valence-corrected chi connectivity index (χ0v) is 11.7. The normalized spacial score (nSPS) is 21.0. The molecule has 2 atom stereocenters. The van der Waals surface area contributed by atoms with Crippen molar-refractivity contribution in [3.63, 3.8) is 0 Å². The highest BCUT2D eigenvalue weighted by atomic mass is 16.5. The second-order valence-corrected chi connectivity index (χ2v) is 5.08. The minimum Gasteiger partial charge on any atom is -0.481 e. The first-order chi connectivity index (χ1) is 10.2. The third kappa shape index (κ3) is 4.75. The van der Waals surface area contributed by atoms with E-state index >= 15 is 0 Å². The molecule has 1 saturated heterocycles. The molecule has 1 heterocycles. The number of aryl methyl sites for hydroxylation is 1. The molecule has 1 fully saturated rings. The van der Waals surface area contributed by atoms with Crippen LogP contribution in [-0.4, -0.2) is 42.9 Å². The summed E-state index contributed by atoms with van der Waals surface area (Å²) in [5, 5.41) is 14.4. The van der Waals surface area contributed by atoms with Crippen LogP contribution in [0, 0.1) is 5.92 Å². The van der Waals surface area contributed by atoms with Crippen LogP contribution in [0.15, 0.2) is 30.3 Å². The minimum absolute atomic E-state index is 0.147. The van der Waals surface area contributed by atoms with Crippen LogP contribution in [0.3, 0.4) is 0 Å². The lowest BCUT2D eigenvalue weighted by molar-refractivity contribution is -0.142. The molecule has 2 rings (SSSR count). The van der Waals surface area contributed by atoms with Crippen molar-refractivity contribution in [1.82, 2.24) is 10.6 Å². The largest absolute Gasteiger partial charge is 0.481 e. The zero-order chi connectivity index (χ0) is 15.1. The van der Waals surface area contributed by atoms with E-state index in [4.69, 9.17) is 9.84 Å². The second-order valence-electron chi connectivity index (χ2n) is 5.08. The molecule has 0 bridgehead atoms. The fraction of sp³-hybridized carbons (Fsp3) is 0.467. The van der Waals surface area contributed by atoms with Crippen molar-refractivity contribution in [2.24, 2.45) is 5.92 Å². The van der Waals surface area contributed by atoms with Crippen LogP contribution in [-0.2, 0) is 16.0 Å². The number of hydrogen-bond acceptors (Lipinski definition) is 3. The summed E-state index contributed by atoms with van der Waals surface area (Å²) in [6.45, 7) is 0.939. The summed E-state index contributed by atoms with van der Waals surface area (Å²) >= 11 is 0. The minimum atomic E-state index is -0.943. The Labute approximate surface area is 123 Å². The van der Waals surface area contributed by atoms with Gasteiger partial charge in [-0.2, -0.15) is 0 Å². The van der Waals surface area contributed by atoms with E-state index in [2.05, 4.69) is 10.6 Å². The molecule has 6 nitrogen and oxygen atoms in total. The van der Waals surface area contributed by atoms with Crippen LogP contribution in [0.2, 0.25) is 0 Å². The number of carboxylic acid groups (broad SMARTS) is 1. The van der Waals surface area contributed by atoms with Crippen molar-refractivity contribution in [1.29, 1.82) is 0 Å². The number of amides is 2. The zero-order valence-electron chi connectivity index (χ0n) is 11.7. The second kappa shape index (κ2) is 7.64. The molecule has 0 aliphatic carbocycles. The Morgan fingerprint density at radius 1 is 1.24 bits per heavy atom. The average molecular weight is 292 g/mol. The molecule has 21 heavy (non-hydrogen) atoms. The number of hydrogen-bond donors (Lipinski definition) is 3. The van der Waals surface area contributed by atoms with E-state index in [0.717, 1.165) is 12.8 Å². The number of carboxylic acids is 1. The Balaban J connectivity index is 1.65. The summed E-state index contributed by atoms with van der Waals surface area (Å²) in [5.74, 6) is -1.61. The maximum absolute atomic E-state index is 11.7. The first-order valence-electron chi connectivity index (χ1n) is 7.05. The molecule has 0 spiro atoms. The van der Waals surface area contributed by atoms with Gasteiger partial charge in [-0.15, -0.1) is 0 Å². The summed E-state index contributed by atoms with van der Waals surface area (Å²) in [4.78, 5) is 22.7.